The van der Waals surface area contributed by atoms with Crippen LogP contribution in [-0.4, -0.2) is 58.5 Å². The third-order valence-electron chi connectivity index (χ3n) is 10.8. The van der Waals surface area contributed by atoms with Crippen molar-refractivity contribution < 1.29 is 48.3 Å². The van der Waals surface area contributed by atoms with Crippen LogP contribution in [0.15, 0.2) is 84.9 Å². The summed E-state index contributed by atoms with van der Waals surface area (Å²) in [6, 6.07) is 27.4. The van der Waals surface area contributed by atoms with Crippen molar-refractivity contribution in [3.8, 4) is 28.4 Å². The van der Waals surface area contributed by atoms with Crippen LogP contribution in [0.5, 0.6) is 17.2 Å². The molecular weight excluding hydrogens is 664 g/mol. The lowest BCUT2D eigenvalue weighted by Gasteiger charge is -2.40. The molecule has 1 aliphatic carbocycles. The lowest BCUT2D eigenvalue weighted by molar-refractivity contribution is -0.270. The van der Waals surface area contributed by atoms with E-state index in [0.29, 0.717) is 24.7 Å². The van der Waals surface area contributed by atoms with Gasteiger partial charge in [-0.2, -0.15) is 4.89 Å². The van der Waals surface area contributed by atoms with Gasteiger partial charge in [-0.3, -0.25) is 5.26 Å². The fourth-order valence-corrected chi connectivity index (χ4v) is 6.91. The highest BCUT2D eigenvalue weighted by Gasteiger charge is 2.38. The molecule has 2 atom stereocenters. The minimum atomic E-state index is -0.656. The average molecular weight is 713 g/mol. The molecule has 0 amide bonds. The molecule has 0 bridgehead atoms. The van der Waals surface area contributed by atoms with E-state index in [-0.39, 0.29) is 36.9 Å². The Morgan fingerprint density at radius 2 is 1.19 bits per heavy atom. The van der Waals surface area contributed by atoms with Crippen molar-refractivity contribution >= 4 is 0 Å². The molecule has 0 saturated carbocycles. The second-order valence-electron chi connectivity index (χ2n) is 14.3. The predicted molar refractivity (Wildman–Crippen MR) is 193 cm³/mol. The van der Waals surface area contributed by atoms with E-state index >= 15 is 0 Å². The zero-order valence-electron chi connectivity index (χ0n) is 30.1. The van der Waals surface area contributed by atoms with E-state index in [1.165, 1.54) is 0 Å². The fraction of sp³-hybridized carbons (Fsp3) is 0.429. The summed E-state index contributed by atoms with van der Waals surface area (Å²) in [6.45, 7) is 11.4. The minimum absolute atomic E-state index is 0.105. The van der Waals surface area contributed by atoms with Crippen LogP contribution in [0.1, 0.15) is 73.5 Å². The van der Waals surface area contributed by atoms with E-state index in [0.717, 1.165) is 84.0 Å². The average Bonchev–Trinajstić information content (AvgIpc) is 3.42. The maximum Gasteiger partial charge on any atom is 0.189 e. The summed E-state index contributed by atoms with van der Waals surface area (Å²) in [5, 5.41) is 9.99. The van der Waals surface area contributed by atoms with Gasteiger partial charge in [-0.15, -0.1) is 0 Å². The highest BCUT2D eigenvalue weighted by molar-refractivity contribution is 5.79. The molecule has 52 heavy (non-hydrogen) atoms. The molecule has 2 unspecified atom stereocenters. The van der Waals surface area contributed by atoms with Gasteiger partial charge < -0.3 is 33.3 Å². The van der Waals surface area contributed by atoms with Crippen LogP contribution in [-0.2, 0) is 35.3 Å². The summed E-state index contributed by atoms with van der Waals surface area (Å²) in [5.74, 6) is 2.15. The molecule has 4 aromatic carbocycles. The molecule has 0 spiro atoms. The molecule has 2 fully saturated rings. The normalized spacial score (nSPS) is 18.4. The van der Waals surface area contributed by atoms with E-state index in [1.54, 1.807) is 0 Å². The van der Waals surface area contributed by atoms with E-state index in [9.17, 15) is 5.26 Å². The molecule has 7 rings (SSSR count). The van der Waals surface area contributed by atoms with Gasteiger partial charge in [0.2, 0.25) is 0 Å². The van der Waals surface area contributed by atoms with Crippen molar-refractivity contribution in [1.29, 1.82) is 0 Å². The van der Waals surface area contributed by atoms with E-state index < -0.39 is 6.10 Å². The second kappa shape index (κ2) is 16.3. The zero-order valence-corrected chi connectivity index (χ0v) is 30.1. The van der Waals surface area contributed by atoms with Crippen LogP contribution in [0.25, 0.3) is 11.1 Å². The van der Waals surface area contributed by atoms with Crippen LogP contribution in [0, 0.1) is 10.8 Å². The summed E-state index contributed by atoms with van der Waals surface area (Å²) in [4.78, 5) is 16.4. The Morgan fingerprint density at radius 3 is 1.73 bits per heavy atom. The molecule has 2 aliphatic heterocycles. The number of ether oxygens (including phenoxy) is 6. The van der Waals surface area contributed by atoms with Crippen LogP contribution >= 0.6 is 0 Å². The Morgan fingerprint density at radius 1 is 0.673 bits per heavy atom. The number of hydrogen-bond donors (Lipinski definition) is 1. The Bertz CT molecular complexity index is 1750. The smallest absolute Gasteiger partial charge is 0.189 e. The summed E-state index contributed by atoms with van der Waals surface area (Å²) in [5.41, 5.74) is 7.45. The van der Waals surface area contributed by atoms with Gasteiger partial charge in [-0.1, -0.05) is 69.3 Å². The van der Waals surface area contributed by atoms with Gasteiger partial charge in [0, 0.05) is 16.7 Å². The molecule has 2 heterocycles. The van der Waals surface area contributed by atoms with Gasteiger partial charge in [-0.05, 0) is 88.2 Å². The van der Waals surface area contributed by atoms with E-state index in [1.807, 2.05) is 66.7 Å². The summed E-state index contributed by atoms with van der Waals surface area (Å²) >= 11 is 0. The molecule has 10 heteroatoms. The Balaban J connectivity index is 0.895. The maximum absolute atomic E-state index is 9.99. The standard InChI is InChI=1S/C42H48O10/c1-4-41(21-44-22-41)25-46-27-48-33-11-6-30(7-12-33)20-50-52-35-15-17-37-36-16-10-32(18-38(36)29(3)39(37)19-35)40(51-43)31-8-13-34(14-9-31)49-28-47-26-42(5-2)23-45-24-42/h6-19,29,40,43H,4-5,20-28H2,1-3H3. The predicted octanol–water partition coefficient (Wildman–Crippen LogP) is 8.47. The minimum Gasteiger partial charge on any atom is -0.468 e. The first-order valence-electron chi connectivity index (χ1n) is 18.1. The molecule has 4 aromatic rings. The van der Waals surface area contributed by atoms with Crippen molar-refractivity contribution in [3.63, 3.8) is 0 Å². The van der Waals surface area contributed by atoms with Gasteiger partial charge in [0.15, 0.2) is 19.3 Å². The Labute approximate surface area is 305 Å². The van der Waals surface area contributed by atoms with Crippen LogP contribution < -0.4 is 14.4 Å². The van der Waals surface area contributed by atoms with Crippen LogP contribution in [0.2, 0.25) is 0 Å². The molecule has 2 saturated heterocycles. The van der Waals surface area contributed by atoms with Gasteiger partial charge in [-0.25, -0.2) is 4.89 Å². The fourth-order valence-electron chi connectivity index (χ4n) is 6.91. The molecule has 0 radical (unpaired) electrons. The lowest BCUT2D eigenvalue weighted by atomic mass is 9.84. The van der Waals surface area contributed by atoms with Gasteiger partial charge in [0.1, 0.15) is 24.2 Å². The third kappa shape index (κ3) is 7.99. The highest BCUT2D eigenvalue weighted by Crippen LogP contribution is 2.47. The van der Waals surface area contributed by atoms with Crippen molar-refractivity contribution in [2.75, 3.05) is 53.2 Å². The molecule has 0 aromatic heterocycles. The number of benzene rings is 4. The second-order valence-corrected chi connectivity index (χ2v) is 14.3. The first kappa shape index (κ1) is 36.4. The maximum atomic E-state index is 9.99. The monoisotopic (exact) mass is 712 g/mol. The molecule has 10 nitrogen and oxygen atoms in total. The first-order valence-corrected chi connectivity index (χ1v) is 18.1. The Kier molecular flexibility index (Phi) is 11.4. The number of fused-ring (bicyclic) bond motifs is 3. The van der Waals surface area contributed by atoms with Crippen molar-refractivity contribution in [2.45, 2.75) is 52.2 Å². The summed E-state index contributed by atoms with van der Waals surface area (Å²) < 4.78 is 33.7. The zero-order chi connectivity index (χ0) is 36.0. The number of hydrogen-bond acceptors (Lipinski definition) is 10. The molecule has 276 valence electrons. The van der Waals surface area contributed by atoms with Crippen molar-refractivity contribution in [1.82, 2.24) is 0 Å². The third-order valence-corrected chi connectivity index (χ3v) is 10.8. The Hall–Kier alpha value is -4.00. The van der Waals surface area contributed by atoms with Crippen LogP contribution in [0.3, 0.4) is 0 Å². The van der Waals surface area contributed by atoms with E-state index in [4.69, 9.17) is 43.1 Å². The molecular formula is C42H48O10. The van der Waals surface area contributed by atoms with Crippen LogP contribution in [0.4, 0.5) is 0 Å². The summed E-state index contributed by atoms with van der Waals surface area (Å²) in [7, 11) is 0. The van der Waals surface area contributed by atoms with E-state index in [2.05, 4.69) is 39.0 Å². The van der Waals surface area contributed by atoms with Gasteiger partial charge in [0.05, 0.1) is 39.6 Å². The SMILES string of the molecule is CCC1(COCOc2ccc(COOc3ccc4c(c3)C(C)c3cc(C(OO)c5ccc(OCOCC6(CC)COC6)cc5)ccc3-4)cc2)COC1. The largest absolute Gasteiger partial charge is 0.468 e. The van der Waals surface area contributed by atoms with Crippen molar-refractivity contribution in [2.24, 2.45) is 10.8 Å². The topological polar surface area (TPSA) is 103 Å². The highest BCUT2D eigenvalue weighted by atomic mass is 17.2. The lowest BCUT2D eigenvalue weighted by Crippen LogP contribution is -2.45. The van der Waals surface area contributed by atoms with Gasteiger partial charge in [0.25, 0.3) is 0 Å². The van der Waals surface area contributed by atoms with Crippen molar-refractivity contribution in [3.05, 3.63) is 113 Å². The molecule has 1 N–H and O–H groups in total. The van der Waals surface area contributed by atoms with Gasteiger partial charge >= 0.3 is 0 Å². The summed E-state index contributed by atoms with van der Waals surface area (Å²) in [6.07, 6.45) is 1.40. The first-order chi connectivity index (χ1) is 25.4. The number of rotatable bonds is 19. The molecule has 3 aliphatic rings. The quantitative estimate of drug-likeness (QED) is 0.0441.